The van der Waals surface area contributed by atoms with Crippen molar-refractivity contribution in [2.24, 2.45) is 11.7 Å². The predicted molar refractivity (Wildman–Crippen MR) is 81.5 cm³/mol. The van der Waals surface area contributed by atoms with Gasteiger partial charge in [0.2, 0.25) is 10.0 Å². The number of nitrogens with two attached hydrogens (primary N) is 1. The zero-order chi connectivity index (χ0) is 14.6. The highest BCUT2D eigenvalue weighted by Gasteiger charge is 2.22. The van der Waals surface area contributed by atoms with Gasteiger partial charge in [-0.2, -0.15) is 0 Å². The van der Waals surface area contributed by atoms with Crippen LogP contribution in [0.3, 0.4) is 0 Å². The lowest BCUT2D eigenvalue weighted by atomic mass is 10.1. The summed E-state index contributed by atoms with van der Waals surface area (Å²) < 4.78 is 27.9. The Morgan fingerprint density at radius 2 is 2.00 bits per heavy atom. The Balaban J connectivity index is 2.97. The molecular formula is C13H21BrN2O2S. The Bertz CT molecular complexity index is 529. The van der Waals surface area contributed by atoms with E-state index in [1.54, 1.807) is 18.2 Å². The summed E-state index contributed by atoms with van der Waals surface area (Å²) in [6, 6.07) is 4.93. The molecule has 0 amide bonds. The fourth-order valence-corrected chi connectivity index (χ4v) is 4.32. The molecule has 0 aliphatic carbocycles. The van der Waals surface area contributed by atoms with E-state index in [9.17, 15) is 8.42 Å². The van der Waals surface area contributed by atoms with E-state index in [1.165, 1.54) is 0 Å². The largest absolute Gasteiger partial charge is 0.329 e. The molecule has 1 aromatic carbocycles. The van der Waals surface area contributed by atoms with Crippen LogP contribution in [0, 0.1) is 12.8 Å². The third-order valence-corrected chi connectivity index (χ3v) is 5.24. The molecule has 1 rings (SSSR count). The first kappa shape index (κ1) is 16.6. The lowest BCUT2D eigenvalue weighted by Gasteiger charge is -2.19. The van der Waals surface area contributed by atoms with Crippen molar-refractivity contribution in [2.45, 2.75) is 38.1 Å². The summed E-state index contributed by atoms with van der Waals surface area (Å²) in [4.78, 5) is 0.250. The molecule has 0 spiro atoms. The van der Waals surface area contributed by atoms with Crippen LogP contribution in [0.25, 0.3) is 0 Å². The molecule has 0 bridgehead atoms. The topological polar surface area (TPSA) is 72.2 Å². The van der Waals surface area contributed by atoms with Gasteiger partial charge in [0.15, 0.2) is 0 Å². The number of hydrogen-bond acceptors (Lipinski definition) is 3. The molecule has 3 N–H and O–H groups in total. The zero-order valence-corrected chi connectivity index (χ0v) is 13.9. The van der Waals surface area contributed by atoms with Crippen molar-refractivity contribution in [1.29, 1.82) is 0 Å². The van der Waals surface area contributed by atoms with Gasteiger partial charge in [0.05, 0.1) is 4.90 Å². The van der Waals surface area contributed by atoms with Crippen LogP contribution in [0.1, 0.15) is 25.8 Å². The number of sulfonamides is 1. The minimum atomic E-state index is -3.54. The minimum absolute atomic E-state index is 0.238. The average Bonchev–Trinajstić information content (AvgIpc) is 2.26. The molecule has 1 atom stereocenters. The monoisotopic (exact) mass is 348 g/mol. The Labute approximate surface area is 124 Å². The second-order valence-corrected chi connectivity index (χ2v) is 7.65. The highest BCUT2D eigenvalue weighted by atomic mass is 79.9. The predicted octanol–water partition coefficient (Wildman–Crippen LogP) is 2.41. The van der Waals surface area contributed by atoms with Crippen LogP contribution in [0.2, 0.25) is 0 Å². The van der Waals surface area contributed by atoms with Crippen LogP contribution in [0.15, 0.2) is 27.6 Å². The van der Waals surface area contributed by atoms with Crippen molar-refractivity contribution in [3.63, 3.8) is 0 Å². The lowest BCUT2D eigenvalue weighted by Crippen LogP contribution is -2.41. The number of nitrogens with one attached hydrogen (secondary N) is 1. The summed E-state index contributed by atoms with van der Waals surface area (Å²) in [5, 5.41) is 0. The molecule has 0 saturated carbocycles. The molecule has 0 radical (unpaired) electrons. The first-order valence-corrected chi connectivity index (χ1v) is 8.52. The van der Waals surface area contributed by atoms with Crippen molar-refractivity contribution in [3.05, 3.63) is 28.2 Å². The Morgan fingerprint density at radius 3 is 2.47 bits per heavy atom. The van der Waals surface area contributed by atoms with Crippen LogP contribution in [-0.2, 0) is 10.0 Å². The van der Waals surface area contributed by atoms with E-state index in [1.807, 2.05) is 20.8 Å². The first-order chi connectivity index (χ1) is 8.76. The van der Waals surface area contributed by atoms with Crippen molar-refractivity contribution in [3.8, 4) is 0 Å². The number of rotatable bonds is 6. The Hall–Kier alpha value is -0.430. The highest BCUT2D eigenvalue weighted by molar-refractivity contribution is 9.10. The second-order valence-electron chi connectivity index (χ2n) is 5.12. The summed E-state index contributed by atoms with van der Waals surface area (Å²) in [6.07, 6.45) is 0.721. The summed E-state index contributed by atoms with van der Waals surface area (Å²) in [6.45, 7) is 6.29. The van der Waals surface area contributed by atoms with Crippen LogP contribution < -0.4 is 10.5 Å². The van der Waals surface area contributed by atoms with Gasteiger partial charge in [0.25, 0.3) is 0 Å². The van der Waals surface area contributed by atoms with E-state index < -0.39 is 10.0 Å². The van der Waals surface area contributed by atoms with Crippen LogP contribution >= 0.6 is 15.9 Å². The third-order valence-electron chi connectivity index (χ3n) is 2.74. The number of halogens is 1. The van der Waals surface area contributed by atoms with Gasteiger partial charge in [-0.3, -0.25) is 0 Å². The molecule has 0 aromatic heterocycles. The smallest absolute Gasteiger partial charge is 0.241 e. The fourth-order valence-electron chi connectivity index (χ4n) is 1.87. The van der Waals surface area contributed by atoms with Gasteiger partial charge in [-0.15, -0.1) is 0 Å². The van der Waals surface area contributed by atoms with Gasteiger partial charge >= 0.3 is 0 Å². The Morgan fingerprint density at radius 1 is 1.37 bits per heavy atom. The van der Waals surface area contributed by atoms with E-state index in [2.05, 4.69) is 20.7 Å². The summed E-state index contributed by atoms with van der Waals surface area (Å²) in [5.74, 6) is 0.387. The maximum atomic E-state index is 12.3. The quantitative estimate of drug-likeness (QED) is 0.828. The second kappa shape index (κ2) is 6.83. The van der Waals surface area contributed by atoms with Crippen molar-refractivity contribution >= 4 is 26.0 Å². The van der Waals surface area contributed by atoms with Crippen molar-refractivity contribution in [2.75, 3.05) is 6.54 Å². The van der Waals surface area contributed by atoms with Gasteiger partial charge in [-0.1, -0.05) is 19.9 Å². The molecule has 0 aliphatic rings. The lowest BCUT2D eigenvalue weighted by molar-refractivity contribution is 0.465. The molecule has 0 saturated heterocycles. The van der Waals surface area contributed by atoms with E-state index in [0.29, 0.717) is 16.9 Å². The van der Waals surface area contributed by atoms with Gasteiger partial charge in [-0.05, 0) is 52.9 Å². The van der Waals surface area contributed by atoms with Gasteiger partial charge in [0.1, 0.15) is 0 Å². The van der Waals surface area contributed by atoms with E-state index in [4.69, 9.17) is 5.73 Å². The molecule has 19 heavy (non-hydrogen) atoms. The minimum Gasteiger partial charge on any atom is -0.329 e. The summed E-state index contributed by atoms with van der Waals surface area (Å²) in [7, 11) is -3.54. The Kier molecular flexibility index (Phi) is 5.98. The van der Waals surface area contributed by atoms with E-state index >= 15 is 0 Å². The average molecular weight is 349 g/mol. The maximum Gasteiger partial charge on any atom is 0.241 e. The third kappa shape index (κ3) is 4.87. The first-order valence-electron chi connectivity index (χ1n) is 6.24. The van der Waals surface area contributed by atoms with Crippen molar-refractivity contribution in [1.82, 2.24) is 4.72 Å². The molecule has 0 aliphatic heterocycles. The molecule has 1 aromatic rings. The van der Waals surface area contributed by atoms with E-state index in [-0.39, 0.29) is 10.9 Å². The summed E-state index contributed by atoms with van der Waals surface area (Å²) in [5.41, 5.74) is 6.63. The molecular weight excluding hydrogens is 328 g/mol. The standard InChI is InChI=1S/C13H21BrN2O2S/c1-9(2)6-11(8-15)16-19(17,18)13-5-4-10(3)7-12(13)14/h4-5,7,9,11,16H,6,8,15H2,1-3H3. The van der Waals surface area contributed by atoms with Gasteiger partial charge < -0.3 is 5.73 Å². The molecule has 108 valence electrons. The molecule has 0 heterocycles. The van der Waals surface area contributed by atoms with Crippen LogP contribution in [0.4, 0.5) is 0 Å². The summed E-state index contributed by atoms with van der Waals surface area (Å²) >= 11 is 3.30. The molecule has 4 nitrogen and oxygen atoms in total. The number of benzene rings is 1. The highest BCUT2D eigenvalue weighted by Crippen LogP contribution is 2.23. The van der Waals surface area contributed by atoms with Crippen LogP contribution in [0.5, 0.6) is 0 Å². The molecule has 0 fully saturated rings. The maximum absolute atomic E-state index is 12.3. The molecule has 6 heteroatoms. The molecule has 1 unspecified atom stereocenters. The van der Waals surface area contributed by atoms with Gasteiger partial charge in [0, 0.05) is 17.1 Å². The van der Waals surface area contributed by atoms with Crippen LogP contribution in [-0.4, -0.2) is 21.0 Å². The zero-order valence-electron chi connectivity index (χ0n) is 11.5. The number of aryl methyl sites for hydroxylation is 1. The fraction of sp³-hybridized carbons (Fsp3) is 0.538. The van der Waals surface area contributed by atoms with Gasteiger partial charge in [-0.25, -0.2) is 13.1 Å². The van der Waals surface area contributed by atoms with E-state index in [0.717, 1.165) is 12.0 Å². The number of hydrogen-bond donors (Lipinski definition) is 2. The SMILES string of the molecule is Cc1ccc(S(=O)(=O)NC(CN)CC(C)C)c(Br)c1. The normalized spacial score (nSPS) is 13.8. The van der Waals surface area contributed by atoms with Crippen molar-refractivity contribution < 1.29 is 8.42 Å².